The van der Waals surface area contributed by atoms with Gasteiger partial charge in [-0.2, -0.15) is 4.98 Å². The van der Waals surface area contributed by atoms with Crippen LogP contribution in [0.5, 0.6) is 11.6 Å². The first-order valence-corrected chi connectivity index (χ1v) is 10.6. The Kier molecular flexibility index (Phi) is 6.34. The van der Waals surface area contributed by atoms with Crippen molar-refractivity contribution in [3.63, 3.8) is 0 Å². The predicted octanol–water partition coefficient (Wildman–Crippen LogP) is 3.73. The summed E-state index contributed by atoms with van der Waals surface area (Å²) in [5, 5.41) is 0. The standard InChI is InChI=1S/C24H29N5O2/c1-16(15-25)18-3-5-19(6-4-18)21-8-7-20(26)13-22(21)31-24-14-23(27-17(2)28-24)29-9-11-30-12-10-29/h3-8,13-14,16H,9-12,15,25-26H2,1-2H3. The molecule has 0 spiro atoms. The highest BCUT2D eigenvalue weighted by atomic mass is 16.5. The lowest BCUT2D eigenvalue weighted by atomic mass is 9.97. The summed E-state index contributed by atoms with van der Waals surface area (Å²) in [7, 11) is 0. The van der Waals surface area contributed by atoms with Crippen LogP contribution in [0.4, 0.5) is 11.5 Å². The van der Waals surface area contributed by atoms with Crippen LogP contribution in [-0.4, -0.2) is 42.8 Å². The van der Waals surface area contributed by atoms with E-state index in [-0.39, 0.29) is 0 Å². The molecule has 0 radical (unpaired) electrons. The highest BCUT2D eigenvalue weighted by Crippen LogP contribution is 2.35. The fourth-order valence-corrected chi connectivity index (χ4v) is 3.63. The molecule has 162 valence electrons. The number of hydrogen-bond acceptors (Lipinski definition) is 7. The molecule has 1 fully saturated rings. The van der Waals surface area contributed by atoms with Crippen molar-refractivity contribution in [2.75, 3.05) is 43.5 Å². The number of nitrogen functional groups attached to an aromatic ring is 1. The topological polar surface area (TPSA) is 99.5 Å². The van der Waals surface area contributed by atoms with Crippen molar-refractivity contribution in [3.05, 3.63) is 59.9 Å². The zero-order valence-electron chi connectivity index (χ0n) is 18.0. The lowest BCUT2D eigenvalue weighted by Crippen LogP contribution is -2.36. The Labute approximate surface area is 183 Å². The molecular weight excluding hydrogens is 390 g/mol. The summed E-state index contributed by atoms with van der Waals surface area (Å²) < 4.78 is 11.7. The van der Waals surface area contributed by atoms with Gasteiger partial charge in [-0.1, -0.05) is 31.2 Å². The number of nitrogens with two attached hydrogens (primary N) is 2. The first-order chi connectivity index (χ1) is 15.0. The minimum absolute atomic E-state index is 0.318. The molecule has 1 aliphatic rings. The molecule has 31 heavy (non-hydrogen) atoms. The molecule has 0 amide bonds. The van der Waals surface area contributed by atoms with Crippen LogP contribution in [0.25, 0.3) is 11.1 Å². The molecule has 7 heteroatoms. The van der Waals surface area contributed by atoms with E-state index in [9.17, 15) is 0 Å². The first kappa shape index (κ1) is 21.1. The van der Waals surface area contributed by atoms with E-state index in [0.29, 0.717) is 48.8 Å². The second-order valence-electron chi connectivity index (χ2n) is 7.83. The summed E-state index contributed by atoms with van der Waals surface area (Å²) in [6.45, 7) is 7.59. The molecule has 0 bridgehead atoms. The third-order valence-corrected chi connectivity index (χ3v) is 5.50. The second kappa shape index (κ2) is 9.32. The van der Waals surface area contributed by atoms with E-state index in [1.54, 1.807) is 0 Å². The predicted molar refractivity (Wildman–Crippen MR) is 124 cm³/mol. The average molecular weight is 420 g/mol. The lowest BCUT2D eigenvalue weighted by molar-refractivity contribution is 0.122. The van der Waals surface area contributed by atoms with Gasteiger partial charge >= 0.3 is 0 Å². The van der Waals surface area contributed by atoms with E-state index in [1.165, 1.54) is 5.56 Å². The fraction of sp³-hybridized carbons (Fsp3) is 0.333. The normalized spacial score (nSPS) is 15.0. The summed E-state index contributed by atoms with van der Waals surface area (Å²) in [4.78, 5) is 11.2. The minimum atomic E-state index is 0.318. The van der Waals surface area contributed by atoms with Crippen molar-refractivity contribution >= 4 is 11.5 Å². The Morgan fingerprint density at radius 3 is 2.52 bits per heavy atom. The van der Waals surface area contributed by atoms with Gasteiger partial charge in [0.15, 0.2) is 0 Å². The van der Waals surface area contributed by atoms with Gasteiger partial charge in [-0.25, -0.2) is 4.98 Å². The van der Waals surface area contributed by atoms with Gasteiger partial charge in [0.25, 0.3) is 0 Å². The second-order valence-corrected chi connectivity index (χ2v) is 7.83. The van der Waals surface area contributed by atoms with Crippen LogP contribution in [-0.2, 0) is 4.74 Å². The quantitative estimate of drug-likeness (QED) is 0.587. The Balaban J connectivity index is 1.65. The maximum atomic E-state index is 6.25. The van der Waals surface area contributed by atoms with Crippen molar-refractivity contribution in [3.8, 4) is 22.8 Å². The maximum Gasteiger partial charge on any atom is 0.224 e. The molecule has 7 nitrogen and oxygen atoms in total. The van der Waals surface area contributed by atoms with E-state index < -0.39 is 0 Å². The molecule has 1 aliphatic heterocycles. The molecule has 2 heterocycles. The van der Waals surface area contributed by atoms with Crippen LogP contribution in [0, 0.1) is 6.92 Å². The Morgan fingerprint density at radius 2 is 1.81 bits per heavy atom. The van der Waals surface area contributed by atoms with Crippen molar-refractivity contribution < 1.29 is 9.47 Å². The van der Waals surface area contributed by atoms with Crippen LogP contribution in [0.1, 0.15) is 24.2 Å². The maximum absolute atomic E-state index is 6.25. The number of benzene rings is 2. The van der Waals surface area contributed by atoms with Gasteiger partial charge in [0.1, 0.15) is 17.4 Å². The van der Waals surface area contributed by atoms with Gasteiger partial charge in [0.2, 0.25) is 5.88 Å². The van der Waals surface area contributed by atoms with Crippen molar-refractivity contribution in [1.29, 1.82) is 0 Å². The van der Waals surface area contributed by atoms with Gasteiger partial charge in [0, 0.05) is 36.5 Å². The van der Waals surface area contributed by atoms with Crippen LogP contribution >= 0.6 is 0 Å². The number of nitrogens with zero attached hydrogens (tertiary/aromatic N) is 3. The molecule has 1 atom stereocenters. The molecule has 1 saturated heterocycles. The number of aryl methyl sites for hydroxylation is 1. The van der Waals surface area contributed by atoms with E-state index >= 15 is 0 Å². The molecule has 2 aromatic carbocycles. The monoisotopic (exact) mass is 419 g/mol. The lowest BCUT2D eigenvalue weighted by Gasteiger charge is -2.28. The number of rotatable bonds is 6. The third kappa shape index (κ3) is 4.95. The number of hydrogen-bond donors (Lipinski definition) is 2. The summed E-state index contributed by atoms with van der Waals surface area (Å²) in [5.74, 6) is 2.97. The van der Waals surface area contributed by atoms with Crippen molar-refractivity contribution in [1.82, 2.24) is 9.97 Å². The van der Waals surface area contributed by atoms with E-state index in [4.69, 9.17) is 20.9 Å². The highest BCUT2D eigenvalue weighted by molar-refractivity contribution is 5.73. The molecular formula is C24H29N5O2. The van der Waals surface area contributed by atoms with Crippen LogP contribution in [0.15, 0.2) is 48.5 Å². The third-order valence-electron chi connectivity index (χ3n) is 5.50. The minimum Gasteiger partial charge on any atom is -0.438 e. The van der Waals surface area contributed by atoms with Gasteiger partial charge in [0.05, 0.1) is 13.2 Å². The number of anilines is 2. The molecule has 3 aromatic rings. The Hall–Kier alpha value is -3.16. The highest BCUT2D eigenvalue weighted by Gasteiger charge is 2.16. The van der Waals surface area contributed by atoms with Crippen molar-refractivity contribution in [2.45, 2.75) is 19.8 Å². The zero-order chi connectivity index (χ0) is 21.8. The molecule has 4 rings (SSSR count). The van der Waals surface area contributed by atoms with Crippen LogP contribution in [0.3, 0.4) is 0 Å². The Morgan fingerprint density at radius 1 is 1.06 bits per heavy atom. The van der Waals surface area contributed by atoms with Gasteiger partial charge in [-0.3, -0.25) is 0 Å². The number of aromatic nitrogens is 2. The van der Waals surface area contributed by atoms with Gasteiger partial charge in [-0.05, 0) is 42.6 Å². The summed E-state index contributed by atoms with van der Waals surface area (Å²) >= 11 is 0. The van der Waals surface area contributed by atoms with Crippen LogP contribution < -0.4 is 21.1 Å². The molecule has 1 aromatic heterocycles. The first-order valence-electron chi connectivity index (χ1n) is 10.6. The average Bonchev–Trinajstić information content (AvgIpc) is 2.79. The summed E-state index contributed by atoms with van der Waals surface area (Å²) in [6, 6.07) is 16.0. The van der Waals surface area contributed by atoms with E-state index in [0.717, 1.165) is 30.0 Å². The molecule has 0 saturated carbocycles. The SMILES string of the molecule is Cc1nc(Oc2cc(N)ccc2-c2ccc(C(C)CN)cc2)cc(N2CCOCC2)n1. The summed E-state index contributed by atoms with van der Waals surface area (Å²) in [6.07, 6.45) is 0. The molecule has 1 unspecified atom stereocenters. The Bertz CT molecular complexity index is 1030. The van der Waals surface area contributed by atoms with Crippen LogP contribution in [0.2, 0.25) is 0 Å². The zero-order valence-corrected chi connectivity index (χ0v) is 18.0. The van der Waals surface area contributed by atoms with Crippen molar-refractivity contribution in [2.24, 2.45) is 5.73 Å². The number of ether oxygens (including phenoxy) is 2. The van der Waals surface area contributed by atoms with E-state index in [2.05, 4.69) is 46.1 Å². The molecule has 4 N–H and O–H groups in total. The molecule has 0 aliphatic carbocycles. The smallest absolute Gasteiger partial charge is 0.224 e. The largest absolute Gasteiger partial charge is 0.438 e. The number of morpholine rings is 1. The summed E-state index contributed by atoms with van der Waals surface area (Å²) in [5.41, 5.74) is 15.7. The fourth-order valence-electron chi connectivity index (χ4n) is 3.63. The van der Waals surface area contributed by atoms with Gasteiger partial charge in [-0.15, -0.1) is 0 Å². The van der Waals surface area contributed by atoms with Gasteiger partial charge < -0.3 is 25.8 Å². The van der Waals surface area contributed by atoms with E-state index in [1.807, 2.05) is 31.2 Å².